The van der Waals surface area contributed by atoms with Gasteiger partial charge in [0, 0.05) is 26.2 Å². The van der Waals surface area contributed by atoms with Crippen molar-refractivity contribution in [3.05, 3.63) is 29.1 Å². The zero-order valence-corrected chi connectivity index (χ0v) is 14.1. The topological polar surface area (TPSA) is 105 Å². The number of piperidine rings is 1. The molecule has 0 aliphatic carbocycles. The number of amides is 2. The lowest BCUT2D eigenvalue weighted by molar-refractivity contribution is -0.0413. The number of hydrogen-bond acceptors (Lipinski definition) is 7. The van der Waals surface area contributed by atoms with E-state index >= 15 is 0 Å². The molecule has 3 unspecified atom stereocenters. The van der Waals surface area contributed by atoms with E-state index in [1.807, 2.05) is 4.90 Å². The zero-order chi connectivity index (χ0) is 18.4. The molecule has 26 heavy (non-hydrogen) atoms. The molecule has 4 N–H and O–H groups in total. The summed E-state index contributed by atoms with van der Waals surface area (Å²) in [5.41, 5.74) is 0.485. The van der Waals surface area contributed by atoms with Crippen LogP contribution >= 0.6 is 0 Å². The molecule has 1 aromatic carbocycles. The summed E-state index contributed by atoms with van der Waals surface area (Å²) in [6.07, 6.45) is -1.53. The Kier molecular flexibility index (Phi) is 4.39. The van der Waals surface area contributed by atoms with Gasteiger partial charge in [-0.1, -0.05) is 0 Å². The zero-order valence-electron chi connectivity index (χ0n) is 14.1. The van der Waals surface area contributed by atoms with Gasteiger partial charge in [-0.05, 0) is 25.0 Å². The van der Waals surface area contributed by atoms with E-state index in [9.17, 15) is 24.2 Å². The molecular weight excluding hydrogens is 343 g/mol. The number of rotatable bonds is 2. The summed E-state index contributed by atoms with van der Waals surface area (Å²) in [4.78, 5) is 28.3. The first-order chi connectivity index (χ1) is 12.5. The Bertz CT molecular complexity index is 753. The standard InChI is InChI=1S/C17H21FN4O4/c18-11-7-9-10(8-13(11)21-5-3-19-4-6-21)17(26)22(16(9)25)12-1-2-14(23)20-15(12)24/h7-8,12,14-15,19-20,23-24H,1-6H2. The van der Waals surface area contributed by atoms with Gasteiger partial charge in [-0.3, -0.25) is 19.8 Å². The van der Waals surface area contributed by atoms with E-state index in [-0.39, 0.29) is 17.5 Å². The first kappa shape index (κ1) is 17.3. The normalized spacial score (nSPS) is 29.3. The highest BCUT2D eigenvalue weighted by molar-refractivity contribution is 6.22. The Morgan fingerprint density at radius 1 is 1.04 bits per heavy atom. The number of imide groups is 1. The molecule has 0 bridgehead atoms. The summed E-state index contributed by atoms with van der Waals surface area (Å²) in [5, 5.41) is 25.4. The van der Waals surface area contributed by atoms with Crippen molar-refractivity contribution in [2.75, 3.05) is 31.1 Å². The molecule has 140 valence electrons. The van der Waals surface area contributed by atoms with Crippen molar-refractivity contribution in [1.29, 1.82) is 0 Å². The average Bonchev–Trinajstić information content (AvgIpc) is 2.86. The first-order valence-corrected chi connectivity index (χ1v) is 8.76. The molecule has 9 heteroatoms. The predicted molar refractivity (Wildman–Crippen MR) is 90.2 cm³/mol. The van der Waals surface area contributed by atoms with Crippen molar-refractivity contribution in [2.45, 2.75) is 31.3 Å². The summed E-state index contributed by atoms with van der Waals surface area (Å²) in [7, 11) is 0. The van der Waals surface area contributed by atoms with Crippen LogP contribution in [0.3, 0.4) is 0 Å². The second-order valence-electron chi connectivity index (χ2n) is 6.84. The summed E-state index contributed by atoms with van der Waals surface area (Å²) >= 11 is 0. The number of anilines is 1. The Hall–Kier alpha value is -2.07. The van der Waals surface area contributed by atoms with Gasteiger partial charge >= 0.3 is 0 Å². The molecule has 0 aromatic heterocycles. The molecule has 0 saturated carbocycles. The number of halogens is 1. The molecule has 8 nitrogen and oxygen atoms in total. The number of carbonyl (C=O) groups excluding carboxylic acids is 2. The second-order valence-corrected chi connectivity index (χ2v) is 6.84. The molecule has 2 saturated heterocycles. The summed E-state index contributed by atoms with van der Waals surface area (Å²) in [6, 6.07) is 1.76. The summed E-state index contributed by atoms with van der Waals surface area (Å²) in [6.45, 7) is 2.67. The number of nitrogens with one attached hydrogen (secondary N) is 2. The molecule has 1 aromatic rings. The molecular formula is C17H21FN4O4. The number of fused-ring (bicyclic) bond motifs is 1. The predicted octanol–water partition coefficient (Wildman–Crippen LogP) is -0.780. The van der Waals surface area contributed by atoms with Crippen LogP contribution in [0.4, 0.5) is 10.1 Å². The fourth-order valence-electron chi connectivity index (χ4n) is 3.87. The first-order valence-electron chi connectivity index (χ1n) is 8.76. The monoisotopic (exact) mass is 364 g/mol. The van der Waals surface area contributed by atoms with Gasteiger partial charge < -0.3 is 20.4 Å². The maximum absolute atomic E-state index is 14.6. The van der Waals surface area contributed by atoms with Crippen molar-refractivity contribution >= 4 is 17.5 Å². The fourth-order valence-corrected chi connectivity index (χ4v) is 3.87. The number of carbonyl (C=O) groups is 2. The second kappa shape index (κ2) is 6.58. The van der Waals surface area contributed by atoms with Crippen LogP contribution in [0.25, 0.3) is 0 Å². The Morgan fingerprint density at radius 2 is 1.69 bits per heavy atom. The number of benzene rings is 1. The van der Waals surface area contributed by atoms with Crippen LogP contribution < -0.4 is 15.5 Å². The van der Waals surface area contributed by atoms with E-state index in [0.29, 0.717) is 25.2 Å². The van der Waals surface area contributed by atoms with Crippen molar-refractivity contribution < 1.29 is 24.2 Å². The van der Waals surface area contributed by atoms with E-state index in [1.54, 1.807) is 0 Å². The van der Waals surface area contributed by atoms with Gasteiger partial charge in [-0.25, -0.2) is 4.39 Å². The summed E-state index contributed by atoms with van der Waals surface area (Å²) < 4.78 is 14.6. The third kappa shape index (κ3) is 2.77. The van der Waals surface area contributed by atoms with E-state index in [1.165, 1.54) is 6.07 Å². The quantitative estimate of drug-likeness (QED) is 0.510. The van der Waals surface area contributed by atoms with Crippen LogP contribution in [0.1, 0.15) is 33.6 Å². The minimum Gasteiger partial charge on any atom is -0.379 e. The minimum atomic E-state index is -1.22. The largest absolute Gasteiger partial charge is 0.379 e. The van der Waals surface area contributed by atoms with Crippen LogP contribution in [0.15, 0.2) is 12.1 Å². The maximum Gasteiger partial charge on any atom is 0.262 e. The Morgan fingerprint density at radius 3 is 2.35 bits per heavy atom. The number of piperazine rings is 1. The van der Waals surface area contributed by atoms with E-state index in [0.717, 1.165) is 24.1 Å². The Labute approximate surface area is 149 Å². The molecule has 3 aliphatic rings. The SMILES string of the molecule is O=C1c2cc(F)c(N3CCNCC3)cc2C(=O)N1C1CCC(O)NC1O. The highest BCUT2D eigenvalue weighted by Crippen LogP contribution is 2.33. The lowest BCUT2D eigenvalue weighted by Gasteiger charge is -2.36. The molecule has 0 radical (unpaired) electrons. The highest BCUT2D eigenvalue weighted by atomic mass is 19.1. The van der Waals surface area contributed by atoms with Crippen molar-refractivity contribution in [3.8, 4) is 0 Å². The van der Waals surface area contributed by atoms with Gasteiger partial charge in [0.05, 0.1) is 22.9 Å². The van der Waals surface area contributed by atoms with Gasteiger partial charge in [0.2, 0.25) is 0 Å². The van der Waals surface area contributed by atoms with Crippen molar-refractivity contribution in [1.82, 2.24) is 15.5 Å². The lowest BCUT2D eigenvalue weighted by Crippen LogP contribution is -2.58. The molecule has 2 fully saturated rings. The van der Waals surface area contributed by atoms with Gasteiger partial charge in [0.1, 0.15) is 18.3 Å². The fraction of sp³-hybridized carbons (Fsp3) is 0.529. The molecule has 0 spiro atoms. The van der Waals surface area contributed by atoms with Crippen LogP contribution in [-0.2, 0) is 0 Å². The molecule has 3 aliphatic heterocycles. The van der Waals surface area contributed by atoms with Crippen molar-refractivity contribution in [2.24, 2.45) is 0 Å². The van der Waals surface area contributed by atoms with Crippen LogP contribution in [0.2, 0.25) is 0 Å². The van der Waals surface area contributed by atoms with Crippen LogP contribution in [0, 0.1) is 5.82 Å². The molecule has 4 rings (SSSR count). The third-order valence-electron chi connectivity index (χ3n) is 5.24. The van der Waals surface area contributed by atoms with Gasteiger partial charge in [-0.2, -0.15) is 0 Å². The Balaban J connectivity index is 1.66. The van der Waals surface area contributed by atoms with Gasteiger partial charge in [0.15, 0.2) is 0 Å². The van der Waals surface area contributed by atoms with Gasteiger partial charge in [0.25, 0.3) is 11.8 Å². The number of hydrogen-bond donors (Lipinski definition) is 4. The van der Waals surface area contributed by atoms with Crippen LogP contribution in [-0.4, -0.2) is 71.6 Å². The molecule has 3 heterocycles. The van der Waals surface area contributed by atoms with E-state index in [4.69, 9.17) is 0 Å². The molecule has 3 atom stereocenters. The highest BCUT2D eigenvalue weighted by Gasteiger charge is 2.45. The number of aliphatic hydroxyl groups excluding tert-OH is 2. The van der Waals surface area contributed by atoms with Crippen LogP contribution in [0.5, 0.6) is 0 Å². The lowest BCUT2D eigenvalue weighted by atomic mass is 10.0. The van der Waals surface area contributed by atoms with Crippen molar-refractivity contribution in [3.63, 3.8) is 0 Å². The summed E-state index contributed by atoms with van der Waals surface area (Å²) in [5.74, 6) is -1.69. The van der Waals surface area contributed by atoms with E-state index < -0.39 is 36.1 Å². The van der Waals surface area contributed by atoms with Gasteiger partial charge in [-0.15, -0.1) is 0 Å². The smallest absolute Gasteiger partial charge is 0.262 e. The van der Waals surface area contributed by atoms with E-state index in [2.05, 4.69) is 10.6 Å². The third-order valence-corrected chi connectivity index (χ3v) is 5.24. The average molecular weight is 364 g/mol. The number of nitrogens with zero attached hydrogens (tertiary/aromatic N) is 2. The number of aliphatic hydroxyl groups is 2. The minimum absolute atomic E-state index is 0.0182. The maximum atomic E-state index is 14.6. The molecule has 2 amide bonds.